The van der Waals surface area contributed by atoms with Crippen LogP contribution in [-0.4, -0.2) is 20.0 Å². The second-order valence-corrected chi connectivity index (χ2v) is 8.13. The molecule has 1 aromatic rings. The van der Waals surface area contributed by atoms with Crippen molar-refractivity contribution in [3.63, 3.8) is 0 Å². The first-order valence-corrected chi connectivity index (χ1v) is 8.94. The van der Waals surface area contributed by atoms with Crippen molar-refractivity contribution in [3.05, 3.63) is 18.2 Å². The van der Waals surface area contributed by atoms with Crippen LogP contribution in [0.25, 0.3) is 0 Å². The summed E-state index contributed by atoms with van der Waals surface area (Å²) in [6.07, 6.45) is 6.00. The van der Waals surface area contributed by atoms with Crippen molar-refractivity contribution in [2.24, 2.45) is 16.5 Å². The Hall–Kier alpha value is -1.14. The van der Waals surface area contributed by atoms with Crippen LogP contribution in [0.2, 0.25) is 0 Å². The first-order valence-electron chi connectivity index (χ1n) is 7.39. The normalized spacial score (nSPS) is 21.4. The third kappa shape index (κ3) is 4.97. The van der Waals surface area contributed by atoms with E-state index in [2.05, 4.69) is 18.8 Å². The lowest BCUT2D eigenvalue weighted by molar-refractivity contribution is 0.275. The minimum atomic E-state index is -3.77. The molecule has 1 saturated carbocycles. The molecular weight excluding hydrogens is 288 g/mol. The highest BCUT2D eigenvalue weighted by atomic mass is 32.2. The van der Waals surface area contributed by atoms with Crippen LogP contribution < -0.4 is 9.88 Å². The number of hydrogen-bond acceptors (Lipinski definition) is 4. The lowest BCUT2D eigenvalue weighted by atomic mass is 9.89. The van der Waals surface area contributed by atoms with E-state index < -0.39 is 10.0 Å². The molecule has 1 aliphatic carbocycles. The number of aromatic nitrogens is 1. The Morgan fingerprint density at radius 1 is 1.43 bits per heavy atom. The second kappa shape index (κ2) is 6.32. The molecule has 0 amide bonds. The topological polar surface area (TPSA) is 82.3 Å². The van der Waals surface area contributed by atoms with Gasteiger partial charge >= 0.3 is 0 Å². The number of ether oxygens (including phenoxy) is 1. The fourth-order valence-corrected chi connectivity index (χ4v) is 3.50. The van der Waals surface area contributed by atoms with Crippen LogP contribution in [0.1, 0.15) is 46.0 Å². The molecule has 0 aromatic carbocycles. The highest BCUT2D eigenvalue weighted by Gasteiger charge is 2.30. The molecule has 2 N–H and O–H groups in total. The average molecular weight is 312 g/mol. The summed E-state index contributed by atoms with van der Waals surface area (Å²) in [4.78, 5) is 3.90. The number of rotatable bonds is 6. The van der Waals surface area contributed by atoms with Gasteiger partial charge in [0, 0.05) is 6.07 Å². The first-order chi connectivity index (χ1) is 9.76. The molecule has 1 aromatic heterocycles. The summed E-state index contributed by atoms with van der Waals surface area (Å²) in [5.74, 6) is 1.10. The summed E-state index contributed by atoms with van der Waals surface area (Å²) >= 11 is 0. The molecule has 21 heavy (non-hydrogen) atoms. The average Bonchev–Trinajstić information content (AvgIpc) is 2.74. The molecule has 0 bridgehead atoms. The summed E-state index contributed by atoms with van der Waals surface area (Å²) in [6, 6.07) is 4.59. The molecule has 0 aliphatic heterocycles. The zero-order valence-electron chi connectivity index (χ0n) is 12.7. The second-order valence-electron chi connectivity index (χ2n) is 6.62. The standard InChI is InChI=1S/C15H24N2O3S/c1-15(2)9-8-12(11-15)5-4-10-20-13-6-3-7-14(17-13)21(16,18)19/h3,6-7,12H,4-5,8-11H2,1-2H3,(H2,16,18,19). The van der Waals surface area contributed by atoms with E-state index in [1.54, 1.807) is 12.1 Å². The van der Waals surface area contributed by atoms with Gasteiger partial charge in [0.25, 0.3) is 10.0 Å². The molecule has 1 unspecified atom stereocenters. The van der Waals surface area contributed by atoms with Crippen molar-refractivity contribution in [3.8, 4) is 5.88 Å². The van der Waals surface area contributed by atoms with E-state index in [0.29, 0.717) is 17.9 Å². The lowest BCUT2D eigenvalue weighted by Gasteiger charge is -2.17. The molecule has 6 heteroatoms. The Labute approximate surface area is 127 Å². The monoisotopic (exact) mass is 312 g/mol. The summed E-state index contributed by atoms with van der Waals surface area (Å²) in [5, 5.41) is 4.89. The Morgan fingerprint density at radius 3 is 2.81 bits per heavy atom. The molecular formula is C15H24N2O3S. The van der Waals surface area contributed by atoms with E-state index in [4.69, 9.17) is 9.88 Å². The summed E-state index contributed by atoms with van der Waals surface area (Å²) in [7, 11) is -3.77. The van der Waals surface area contributed by atoms with Crippen LogP contribution in [0.4, 0.5) is 0 Å². The van der Waals surface area contributed by atoms with Crippen molar-refractivity contribution in [1.82, 2.24) is 4.98 Å². The van der Waals surface area contributed by atoms with E-state index in [0.717, 1.165) is 18.8 Å². The van der Waals surface area contributed by atoms with Crippen molar-refractivity contribution in [2.75, 3.05) is 6.61 Å². The van der Waals surface area contributed by atoms with Gasteiger partial charge in [-0.15, -0.1) is 0 Å². The quantitative estimate of drug-likeness (QED) is 0.819. The van der Waals surface area contributed by atoms with Gasteiger partial charge in [-0.1, -0.05) is 19.9 Å². The van der Waals surface area contributed by atoms with Gasteiger partial charge in [-0.3, -0.25) is 0 Å². The maximum Gasteiger partial charge on any atom is 0.255 e. The molecule has 1 atom stereocenters. The smallest absolute Gasteiger partial charge is 0.255 e. The van der Waals surface area contributed by atoms with E-state index >= 15 is 0 Å². The molecule has 1 aliphatic rings. The van der Waals surface area contributed by atoms with Crippen molar-refractivity contribution >= 4 is 10.0 Å². The van der Waals surface area contributed by atoms with Crippen LogP contribution in [0, 0.1) is 11.3 Å². The van der Waals surface area contributed by atoms with Gasteiger partial charge < -0.3 is 4.74 Å². The minimum absolute atomic E-state index is 0.155. The fourth-order valence-electron chi connectivity index (χ4n) is 3.01. The SMILES string of the molecule is CC1(C)CCC(CCCOc2cccc(S(N)(=O)=O)n2)C1. The molecule has 2 rings (SSSR count). The molecule has 0 spiro atoms. The van der Waals surface area contributed by atoms with Gasteiger partial charge in [0.2, 0.25) is 5.88 Å². The predicted molar refractivity (Wildman–Crippen MR) is 81.5 cm³/mol. The lowest BCUT2D eigenvalue weighted by Crippen LogP contribution is -2.14. The first kappa shape index (κ1) is 16.2. The van der Waals surface area contributed by atoms with Gasteiger partial charge in [0.15, 0.2) is 5.03 Å². The summed E-state index contributed by atoms with van der Waals surface area (Å²) < 4.78 is 27.9. The zero-order valence-corrected chi connectivity index (χ0v) is 13.5. The Morgan fingerprint density at radius 2 is 2.19 bits per heavy atom. The molecule has 0 radical (unpaired) electrons. The van der Waals surface area contributed by atoms with E-state index in [9.17, 15) is 8.42 Å². The molecule has 0 saturated heterocycles. The number of sulfonamides is 1. The maximum absolute atomic E-state index is 11.2. The predicted octanol–water partition coefficient (Wildman–Crippen LogP) is 2.71. The highest BCUT2D eigenvalue weighted by molar-refractivity contribution is 7.89. The van der Waals surface area contributed by atoms with Crippen LogP contribution in [0.5, 0.6) is 5.88 Å². The molecule has 1 heterocycles. The number of primary sulfonamides is 1. The van der Waals surface area contributed by atoms with Crippen LogP contribution in [0.15, 0.2) is 23.2 Å². The summed E-state index contributed by atoms with van der Waals surface area (Å²) in [5.41, 5.74) is 0.483. The Balaban J connectivity index is 1.77. The Bertz CT molecular complexity index is 584. The van der Waals surface area contributed by atoms with Crippen molar-refractivity contribution < 1.29 is 13.2 Å². The third-order valence-electron chi connectivity index (χ3n) is 4.07. The minimum Gasteiger partial charge on any atom is -0.478 e. The molecule has 5 nitrogen and oxygen atoms in total. The molecule has 118 valence electrons. The van der Waals surface area contributed by atoms with Crippen molar-refractivity contribution in [1.29, 1.82) is 0 Å². The number of hydrogen-bond donors (Lipinski definition) is 1. The molecule has 1 fully saturated rings. The van der Waals surface area contributed by atoms with E-state index in [-0.39, 0.29) is 5.03 Å². The van der Waals surface area contributed by atoms with Crippen LogP contribution in [-0.2, 0) is 10.0 Å². The van der Waals surface area contributed by atoms with Gasteiger partial charge in [0.1, 0.15) is 0 Å². The van der Waals surface area contributed by atoms with E-state index in [1.165, 1.54) is 25.3 Å². The Kier molecular flexibility index (Phi) is 4.88. The number of nitrogens with zero attached hydrogens (tertiary/aromatic N) is 1. The van der Waals surface area contributed by atoms with Crippen LogP contribution in [0.3, 0.4) is 0 Å². The number of pyridine rings is 1. The van der Waals surface area contributed by atoms with E-state index in [1.807, 2.05) is 0 Å². The number of nitrogens with two attached hydrogens (primary N) is 1. The van der Waals surface area contributed by atoms with Gasteiger partial charge in [0.05, 0.1) is 6.61 Å². The third-order valence-corrected chi connectivity index (χ3v) is 4.88. The fraction of sp³-hybridized carbons (Fsp3) is 0.667. The van der Waals surface area contributed by atoms with Crippen LogP contribution >= 0.6 is 0 Å². The zero-order chi connectivity index (χ0) is 15.5. The maximum atomic E-state index is 11.2. The van der Waals surface area contributed by atoms with Gasteiger partial charge in [-0.2, -0.15) is 0 Å². The van der Waals surface area contributed by atoms with Gasteiger partial charge in [-0.05, 0) is 49.5 Å². The van der Waals surface area contributed by atoms with Crippen molar-refractivity contribution in [2.45, 2.75) is 51.0 Å². The largest absolute Gasteiger partial charge is 0.478 e. The van der Waals surface area contributed by atoms with Gasteiger partial charge in [-0.25, -0.2) is 18.5 Å². The summed E-state index contributed by atoms with van der Waals surface area (Å²) in [6.45, 7) is 5.20. The highest BCUT2D eigenvalue weighted by Crippen LogP contribution is 2.42.